The molecular formula is C22H24N4OS. The summed E-state index contributed by atoms with van der Waals surface area (Å²) in [7, 11) is 1.84. The van der Waals surface area contributed by atoms with E-state index >= 15 is 0 Å². The summed E-state index contributed by atoms with van der Waals surface area (Å²) in [6, 6.07) is 16.3. The molecule has 1 aromatic carbocycles. The van der Waals surface area contributed by atoms with Gasteiger partial charge in [-0.3, -0.25) is 14.4 Å². The number of aryl methyl sites for hydroxylation is 1. The number of nitrogens with zero attached hydrogens (tertiary/aromatic N) is 4. The van der Waals surface area contributed by atoms with Gasteiger partial charge in [-0.1, -0.05) is 48.6 Å². The van der Waals surface area contributed by atoms with Gasteiger partial charge in [-0.25, -0.2) is 0 Å². The lowest BCUT2D eigenvalue weighted by atomic mass is 10.2. The van der Waals surface area contributed by atoms with Crippen LogP contribution in [0.5, 0.6) is 0 Å². The highest BCUT2D eigenvalue weighted by Crippen LogP contribution is 2.24. The molecule has 1 aliphatic heterocycles. The van der Waals surface area contributed by atoms with E-state index in [0.717, 1.165) is 43.3 Å². The zero-order chi connectivity index (χ0) is 19.3. The van der Waals surface area contributed by atoms with E-state index < -0.39 is 0 Å². The van der Waals surface area contributed by atoms with Gasteiger partial charge in [0, 0.05) is 39.8 Å². The minimum absolute atomic E-state index is 0.0669. The van der Waals surface area contributed by atoms with Crippen LogP contribution in [-0.4, -0.2) is 58.2 Å². The Labute approximate surface area is 169 Å². The molecule has 5 nitrogen and oxygen atoms in total. The summed E-state index contributed by atoms with van der Waals surface area (Å²) >= 11 is 1.64. The van der Waals surface area contributed by atoms with Crippen molar-refractivity contribution < 1.29 is 4.79 Å². The highest BCUT2D eigenvalue weighted by atomic mass is 32.1. The topological polar surface area (TPSA) is 41.4 Å². The third-order valence-corrected chi connectivity index (χ3v) is 5.90. The maximum Gasteiger partial charge on any atom is 0.272 e. The standard InChI is InChI=1S/C22H24N4OS/c1-24-20(17-19(23-24)21-10-6-16-28-21)22(27)26-14-12-25(13-15-26)11-5-9-18-7-3-2-4-8-18/h2-10,16-17H,11-15H2,1H3/b9-5+. The van der Waals surface area contributed by atoms with Crippen molar-refractivity contribution in [1.29, 1.82) is 0 Å². The fourth-order valence-electron chi connectivity index (χ4n) is 3.41. The van der Waals surface area contributed by atoms with Gasteiger partial charge >= 0.3 is 0 Å². The van der Waals surface area contributed by atoms with E-state index in [0.29, 0.717) is 5.69 Å². The van der Waals surface area contributed by atoms with Gasteiger partial charge < -0.3 is 4.90 Å². The number of carbonyl (C=O) groups is 1. The van der Waals surface area contributed by atoms with E-state index in [9.17, 15) is 4.79 Å². The Morgan fingerprint density at radius 3 is 2.61 bits per heavy atom. The van der Waals surface area contributed by atoms with E-state index in [1.165, 1.54) is 5.56 Å². The van der Waals surface area contributed by atoms with Crippen molar-refractivity contribution in [3.8, 4) is 10.6 Å². The first-order valence-electron chi connectivity index (χ1n) is 9.52. The van der Waals surface area contributed by atoms with Crippen molar-refractivity contribution >= 4 is 23.3 Å². The third kappa shape index (κ3) is 4.24. The Bertz CT molecular complexity index is 938. The fourth-order valence-corrected chi connectivity index (χ4v) is 4.09. The summed E-state index contributed by atoms with van der Waals surface area (Å²) in [4.78, 5) is 18.3. The molecule has 0 atom stereocenters. The lowest BCUT2D eigenvalue weighted by Gasteiger charge is -2.34. The molecule has 28 heavy (non-hydrogen) atoms. The molecule has 1 fully saturated rings. The van der Waals surface area contributed by atoms with E-state index in [4.69, 9.17) is 0 Å². The van der Waals surface area contributed by atoms with Crippen molar-refractivity contribution in [2.24, 2.45) is 7.05 Å². The molecular weight excluding hydrogens is 368 g/mol. The highest BCUT2D eigenvalue weighted by molar-refractivity contribution is 7.13. The summed E-state index contributed by atoms with van der Waals surface area (Å²) in [5.41, 5.74) is 2.74. The van der Waals surface area contributed by atoms with Crippen LogP contribution in [0, 0.1) is 0 Å². The van der Waals surface area contributed by atoms with Crippen LogP contribution in [0.1, 0.15) is 16.1 Å². The van der Waals surface area contributed by atoms with Gasteiger partial charge in [-0.15, -0.1) is 11.3 Å². The Balaban J connectivity index is 1.32. The second-order valence-electron chi connectivity index (χ2n) is 6.92. The molecule has 0 saturated carbocycles. The number of amides is 1. The predicted octanol–water partition coefficient (Wildman–Crippen LogP) is 3.62. The lowest BCUT2D eigenvalue weighted by molar-refractivity contribution is 0.0639. The summed E-state index contributed by atoms with van der Waals surface area (Å²) in [6.07, 6.45) is 4.35. The average molecular weight is 393 g/mol. The molecule has 0 spiro atoms. The number of hydrogen-bond donors (Lipinski definition) is 0. The fraction of sp³-hybridized carbons (Fsp3) is 0.273. The first kappa shape index (κ1) is 18.7. The molecule has 0 unspecified atom stereocenters. The molecule has 1 amide bonds. The molecule has 3 aromatic rings. The monoisotopic (exact) mass is 392 g/mol. The Morgan fingerprint density at radius 2 is 1.89 bits per heavy atom. The van der Waals surface area contributed by atoms with Gasteiger partial charge in [-0.2, -0.15) is 5.10 Å². The van der Waals surface area contributed by atoms with Crippen LogP contribution in [0.25, 0.3) is 16.6 Å². The van der Waals surface area contributed by atoms with E-state index in [1.54, 1.807) is 16.0 Å². The van der Waals surface area contributed by atoms with Crippen molar-refractivity contribution in [3.05, 3.63) is 71.2 Å². The van der Waals surface area contributed by atoms with Gasteiger partial charge in [0.15, 0.2) is 0 Å². The first-order chi connectivity index (χ1) is 13.7. The second kappa shape index (κ2) is 8.54. The first-order valence-corrected chi connectivity index (χ1v) is 10.4. The summed E-state index contributed by atoms with van der Waals surface area (Å²) in [5.74, 6) is 0.0669. The maximum absolute atomic E-state index is 12.9. The van der Waals surface area contributed by atoms with E-state index in [1.807, 2.05) is 53.7 Å². The van der Waals surface area contributed by atoms with Gasteiger partial charge in [-0.05, 0) is 23.1 Å². The molecule has 1 saturated heterocycles. The Hall–Kier alpha value is -2.70. The molecule has 0 aliphatic carbocycles. The van der Waals surface area contributed by atoms with Crippen molar-refractivity contribution in [2.75, 3.05) is 32.7 Å². The third-order valence-electron chi connectivity index (χ3n) is 5.01. The van der Waals surface area contributed by atoms with Crippen molar-refractivity contribution in [2.45, 2.75) is 0 Å². The number of piperazine rings is 1. The average Bonchev–Trinajstić information content (AvgIpc) is 3.39. The summed E-state index contributed by atoms with van der Waals surface area (Å²) < 4.78 is 1.70. The molecule has 0 radical (unpaired) electrons. The quantitative estimate of drug-likeness (QED) is 0.666. The molecule has 0 bridgehead atoms. The number of carbonyl (C=O) groups excluding carboxylic acids is 1. The van der Waals surface area contributed by atoms with Crippen LogP contribution in [0.3, 0.4) is 0 Å². The Kier molecular flexibility index (Phi) is 5.69. The van der Waals surface area contributed by atoms with Gasteiger partial charge in [0.2, 0.25) is 0 Å². The second-order valence-corrected chi connectivity index (χ2v) is 7.87. The molecule has 1 aliphatic rings. The number of rotatable bonds is 5. The smallest absolute Gasteiger partial charge is 0.272 e. The lowest BCUT2D eigenvalue weighted by Crippen LogP contribution is -2.48. The minimum atomic E-state index is 0.0669. The van der Waals surface area contributed by atoms with E-state index in [2.05, 4.69) is 34.3 Å². The number of benzene rings is 1. The molecule has 2 aromatic heterocycles. The summed E-state index contributed by atoms with van der Waals surface area (Å²) in [6.45, 7) is 4.18. The van der Waals surface area contributed by atoms with Crippen LogP contribution in [0.15, 0.2) is 60.0 Å². The van der Waals surface area contributed by atoms with Crippen molar-refractivity contribution in [1.82, 2.24) is 19.6 Å². The van der Waals surface area contributed by atoms with Gasteiger partial charge in [0.1, 0.15) is 11.4 Å². The van der Waals surface area contributed by atoms with Crippen LogP contribution in [0.2, 0.25) is 0 Å². The largest absolute Gasteiger partial charge is 0.335 e. The predicted molar refractivity (Wildman–Crippen MR) is 114 cm³/mol. The molecule has 3 heterocycles. The zero-order valence-corrected chi connectivity index (χ0v) is 16.8. The zero-order valence-electron chi connectivity index (χ0n) is 16.0. The van der Waals surface area contributed by atoms with Crippen LogP contribution >= 0.6 is 11.3 Å². The van der Waals surface area contributed by atoms with Crippen molar-refractivity contribution in [3.63, 3.8) is 0 Å². The molecule has 6 heteroatoms. The molecule has 144 valence electrons. The SMILES string of the molecule is Cn1nc(-c2cccs2)cc1C(=O)N1CCN(C/C=C/c2ccccc2)CC1. The normalized spacial score (nSPS) is 15.4. The number of hydrogen-bond acceptors (Lipinski definition) is 4. The van der Waals surface area contributed by atoms with Crippen LogP contribution in [0.4, 0.5) is 0 Å². The number of aromatic nitrogens is 2. The van der Waals surface area contributed by atoms with E-state index in [-0.39, 0.29) is 5.91 Å². The van der Waals surface area contributed by atoms with Crippen LogP contribution < -0.4 is 0 Å². The number of thiophene rings is 1. The molecule has 0 N–H and O–H groups in total. The molecule has 4 rings (SSSR count). The highest BCUT2D eigenvalue weighted by Gasteiger charge is 2.24. The van der Waals surface area contributed by atoms with Crippen LogP contribution in [-0.2, 0) is 7.05 Å². The minimum Gasteiger partial charge on any atom is -0.335 e. The maximum atomic E-state index is 12.9. The summed E-state index contributed by atoms with van der Waals surface area (Å²) in [5, 5.41) is 6.54. The van der Waals surface area contributed by atoms with Gasteiger partial charge in [0.05, 0.1) is 4.88 Å². The Morgan fingerprint density at radius 1 is 1.11 bits per heavy atom. The van der Waals surface area contributed by atoms with Gasteiger partial charge in [0.25, 0.3) is 5.91 Å².